The lowest BCUT2D eigenvalue weighted by atomic mass is 9.99. The van der Waals surface area contributed by atoms with Gasteiger partial charge in [0.15, 0.2) is 0 Å². The maximum absolute atomic E-state index is 10.7. The molecule has 0 aromatic rings. The van der Waals surface area contributed by atoms with Crippen molar-refractivity contribution in [1.82, 2.24) is 4.90 Å². The molecule has 0 fully saturated rings. The minimum absolute atomic E-state index is 0.118. The number of hydrogen-bond acceptors (Lipinski definition) is 4. The highest BCUT2D eigenvalue weighted by molar-refractivity contribution is 6.17. The smallest absolute Gasteiger partial charge is 0.133 e. The molecule has 0 spiro atoms. The fourth-order valence-corrected chi connectivity index (χ4v) is 2.78. The predicted octanol–water partition coefficient (Wildman–Crippen LogP) is 3.04. The number of halogens is 1. The molecule has 0 aromatic heterocycles. The summed E-state index contributed by atoms with van der Waals surface area (Å²) in [5.41, 5.74) is 6.35. The lowest BCUT2D eigenvalue weighted by molar-refractivity contribution is -0.0370. The number of nitrogens with zero attached hydrogens (tertiary/aromatic N) is 1. The highest BCUT2D eigenvalue weighted by Crippen LogP contribution is 2.26. The fourth-order valence-electron chi connectivity index (χ4n) is 2.53. The summed E-state index contributed by atoms with van der Waals surface area (Å²) in [4.78, 5) is 1.86. The zero-order valence-corrected chi connectivity index (χ0v) is 15.0. The van der Waals surface area contributed by atoms with E-state index in [0.29, 0.717) is 24.6 Å². The first-order valence-electron chi connectivity index (χ1n) is 8.00. The van der Waals surface area contributed by atoms with Crippen molar-refractivity contribution in [1.29, 1.82) is 0 Å². The van der Waals surface area contributed by atoms with Gasteiger partial charge < -0.3 is 20.8 Å². The van der Waals surface area contributed by atoms with Crippen molar-refractivity contribution in [3.63, 3.8) is 0 Å². The molecule has 0 bridgehead atoms. The van der Waals surface area contributed by atoms with Crippen LogP contribution in [0.15, 0.2) is 24.9 Å². The Morgan fingerprint density at radius 2 is 1.86 bits per heavy atom. The Bertz CT molecular complexity index is 335. The van der Waals surface area contributed by atoms with E-state index in [0.717, 1.165) is 18.5 Å². The molecule has 4 atom stereocenters. The molecule has 4 N–H and O–H groups in total. The van der Waals surface area contributed by atoms with Gasteiger partial charge in [0.1, 0.15) is 12.5 Å². The lowest BCUT2D eigenvalue weighted by Crippen LogP contribution is -2.46. The van der Waals surface area contributed by atoms with Gasteiger partial charge in [0, 0.05) is 30.0 Å². The molecule has 0 heterocycles. The number of allylic oxidation sites excluding steroid dienone is 1. The summed E-state index contributed by atoms with van der Waals surface area (Å²) in [6.45, 7) is 14.2. The first kappa shape index (κ1) is 21.4. The first-order chi connectivity index (χ1) is 10.2. The van der Waals surface area contributed by atoms with E-state index in [4.69, 9.17) is 17.3 Å². The minimum Gasteiger partial charge on any atom is -0.379 e. The van der Waals surface area contributed by atoms with Gasteiger partial charge in [0.2, 0.25) is 0 Å². The van der Waals surface area contributed by atoms with Crippen LogP contribution in [0.2, 0.25) is 0 Å². The molecule has 0 aliphatic heterocycles. The molecule has 0 radical (unpaired) electrons. The first-order valence-corrected chi connectivity index (χ1v) is 8.54. The number of aliphatic hydroxyl groups is 2. The van der Waals surface area contributed by atoms with E-state index >= 15 is 0 Å². The summed E-state index contributed by atoms with van der Waals surface area (Å²) in [5, 5.41) is 20.2. The van der Waals surface area contributed by atoms with E-state index in [1.807, 2.05) is 11.8 Å². The maximum Gasteiger partial charge on any atom is 0.133 e. The average Bonchev–Trinajstić information content (AvgIpc) is 2.41. The summed E-state index contributed by atoms with van der Waals surface area (Å²) in [6, 6.07) is -0.118. The van der Waals surface area contributed by atoms with Crippen LogP contribution >= 0.6 is 11.6 Å². The molecule has 0 saturated carbocycles. The Balaban J connectivity index is 5.12. The molecule has 4 unspecified atom stereocenters. The number of hydrogen-bond donors (Lipinski definition) is 3. The van der Waals surface area contributed by atoms with Gasteiger partial charge in [-0.25, -0.2) is 0 Å². The monoisotopic (exact) mass is 332 g/mol. The quantitative estimate of drug-likeness (QED) is 0.292. The molecule has 0 aliphatic rings. The third kappa shape index (κ3) is 7.63. The van der Waals surface area contributed by atoms with Gasteiger partial charge in [-0.05, 0) is 32.1 Å². The van der Waals surface area contributed by atoms with Gasteiger partial charge in [-0.2, -0.15) is 0 Å². The Hall–Kier alpha value is -0.550. The SMILES string of the molecule is C=CC(CCCl)C(O)N(C(=C)CCC(C)C)C(C)CC(N)O. The van der Waals surface area contributed by atoms with Gasteiger partial charge in [-0.3, -0.25) is 0 Å². The van der Waals surface area contributed by atoms with Crippen LogP contribution in [0.1, 0.15) is 46.5 Å². The number of rotatable bonds is 12. The van der Waals surface area contributed by atoms with Crippen LogP contribution < -0.4 is 5.73 Å². The van der Waals surface area contributed by atoms with E-state index in [1.54, 1.807) is 6.08 Å². The number of nitrogens with two attached hydrogens (primary N) is 1. The molecular formula is C17H33ClN2O2. The molecule has 0 aliphatic carbocycles. The van der Waals surface area contributed by atoms with Crippen molar-refractivity contribution in [3.05, 3.63) is 24.9 Å². The van der Waals surface area contributed by atoms with Gasteiger partial charge in [0.05, 0.1) is 0 Å². The fraction of sp³-hybridized carbons (Fsp3) is 0.765. The topological polar surface area (TPSA) is 69.7 Å². The Kier molecular flexibility index (Phi) is 10.8. The van der Waals surface area contributed by atoms with Crippen LogP contribution in [0, 0.1) is 11.8 Å². The van der Waals surface area contributed by atoms with E-state index in [1.165, 1.54) is 0 Å². The van der Waals surface area contributed by atoms with Crippen LogP contribution in [0.3, 0.4) is 0 Å². The molecule has 22 heavy (non-hydrogen) atoms. The van der Waals surface area contributed by atoms with Gasteiger partial charge in [0.25, 0.3) is 0 Å². The molecule has 0 aromatic carbocycles. The second kappa shape index (κ2) is 11.1. The average molecular weight is 333 g/mol. The summed E-state index contributed by atoms with van der Waals surface area (Å²) in [5.74, 6) is 0.864. The van der Waals surface area contributed by atoms with Gasteiger partial charge >= 0.3 is 0 Å². The third-order valence-corrected chi connectivity index (χ3v) is 4.06. The van der Waals surface area contributed by atoms with Crippen molar-refractivity contribution in [3.8, 4) is 0 Å². The summed E-state index contributed by atoms with van der Waals surface area (Å²) >= 11 is 5.81. The van der Waals surface area contributed by atoms with Gasteiger partial charge in [-0.15, -0.1) is 18.2 Å². The van der Waals surface area contributed by atoms with E-state index in [2.05, 4.69) is 27.0 Å². The highest BCUT2D eigenvalue weighted by Gasteiger charge is 2.28. The summed E-state index contributed by atoms with van der Waals surface area (Å²) < 4.78 is 0. The second-order valence-corrected chi connectivity index (χ2v) is 6.73. The molecule has 0 saturated heterocycles. The van der Waals surface area contributed by atoms with Crippen molar-refractivity contribution in [2.45, 2.75) is 65.0 Å². The normalized spacial score (nSPS) is 16.9. The van der Waals surface area contributed by atoms with Gasteiger partial charge in [-0.1, -0.05) is 26.5 Å². The molecular weight excluding hydrogens is 300 g/mol. The lowest BCUT2D eigenvalue weighted by Gasteiger charge is -2.40. The van der Waals surface area contributed by atoms with Crippen molar-refractivity contribution >= 4 is 11.6 Å². The van der Waals surface area contributed by atoms with Crippen LogP contribution in [0.5, 0.6) is 0 Å². The van der Waals surface area contributed by atoms with Crippen LogP contribution in [0.25, 0.3) is 0 Å². The largest absolute Gasteiger partial charge is 0.379 e. The zero-order valence-electron chi connectivity index (χ0n) is 14.2. The Morgan fingerprint density at radius 1 is 1.27 bits per heavy atom. The van der Waals surface area contributed by atoms with Crippen LogP contribution in [0.4, 0.5) is 0 Å². The van der Waals surface area contributed by atoms with E-state index in [-0.39, 0.29) is 12.0 Å². The van der Waals surface area contributed by atoms with Crippen LogP contribution in [-0.4, -0.2) is 39.5 Å². The van der Waals surface area contributed by atoms with Crippen LogP contribution in [-0.2, 0) is 0 Å². The Morgan fingerprint density at radius 3 is 2.27 bits per heavy atom. The minimum atomic E-state index is -0.919. The molecule has 0 amide bonds. The summed E-state index contributed by atoms with van der Waals surface area (Å²) in [6.07, 6.45) is 2.84. The summed E-state index contributed by atoms with van der Waals surface area (Å²) in [7, 11) is 0. The molecule has 4 nitrogen and oxygen atoms in total. The highest BCUT2D eigenvalue weighted by atomic mass is 35.5. The number of alkyl halides is 1. The molecule has 0 rings (SSSR count). The zero-order chi connectivity index (χ0) is 17.3. The number of aliphatic hydroxyl groups excluding tert-OH is 2. The van der Waals surface area contributed by atoms with Crippen molar-refractivity contribution < 1.29 is 10.2 Å². The van der Waals surface area contributed by atoms with Crippen molar-refractivity contribution in [2.24, 2.45) is 17.6 Å². The Labute approximate surface area is 140 Å². The maximum atomic E-state index is 10.7. The molecule has 130 valence electrons. The second-order valence-electron chi connectivity index (χ2n) is 6.35. The molecule has 5 heteroatoms. The van der Waals surface area contributed by atoms with Crippen molar-refractivity contribution in [2.75, 3.05) is 5.88 Å². The standard InChI is InChI=1S/C17H33ClN2O2/c1-6-15(9-10-18)17(22)20(14(5)11-16(19)21)13(4)8-7-12(2)3/h6,12,14-17,21-22H,1,4,7-11,19H2,2-3,5H3. The van der Waals surface area contributed by atoms with E-state index in [9.17, 15) is 10.2 Å². The third-order valence-electron chi connectivity index (χ3n) is 3.85. The predicted molar refractivity (Wildman–Crippen MR) is 94.4 cm³/mol. The van der Waals surface area contributed by atoms with E-state index < -0.39 is 12.5 Å².